The van der Waals surface area contributed by atoms with Gasteiger partial charge in [0.25, 0.3) is 0 Å². The molecule has 2 aliphatic rings. The van der Waals surface area contributed by atoms with Crippen molar-refractivity contribution in [3.63, 3.8) is 0 Å². The molecular weight excluding hydrogens is 384 g/mol. The van der Waals surface area contributed by atoms with Gasteiger partial charge in [0.2, 0.25) is 0 Å². The zero-order valence-electron chi connectivity index (χ0n) is 21.1. The first-order valence-corrected chi connectivity index (χ1v) is 11.6. The van der Waals surface area contributed by atoms with Crippen molar-refractivity contribution in [3.05, 3.63) is 44.5 Å². The third-order valence-electron chi connectivity index (χ3n) is 7.54. The summed E-state index contributed by atoms with van der Waals surface area (Å²) in [5.74, 6) is 4.10. The van der Waals surface area contributed by atoms with Crippen LogP contribution in [0.5, 0.6) is 23.0 Å². The van der Waals surface area contributed by atoms with Gasteiger partial charge in [0.1, 0.15) is 34.2 Å². The fourth-order valence-electron chi connectivity index (χ4n) is 5.10. The quantitative estimate of drug-likeness (QED) is 0.500. The SMILES string of the molecule is Cc1c(C)c2c(c(C)c1Oc1c(C)c(C)c3c(c1C)CCC(C)(C)O3)CCC(C)(C)O2. The van der Waals surface area contributed by atoms with E-state index in [0.29, 0.717) is 0 Å². The maximum atomic E-state index is 6.79. The summed E-state index contributed by atoms with van der Waals surface area (Å²) in [7, 11) is 0. The van der Waals surface area contributed by atoms with E-state index in [2.05, 4.69) is 69.2 Å². The molecule has 0 N–H and O–H groups in total. The molecule has 0 saturated heterocycles. The van der Waals surface area contributed by atoms with Crippen molar-refractivity contribution in [1.29, 1.82) is 0 Å². The summed E-state index contributed by atoms with van der Waals surface area (Å²) in [6.07, 6.45) is 4.09. The molecule has 2 aromatic rings. The minimum absolute atomic E-state index is 0.116. The number of hydrogen-bond donors (Lipinski definition) is 0. The summed E-state index contributed by atoms with van der Waals surface area (Å²) in [5.41, 5.74) is 9.50. The van der Waals surface area contributed by atoms with E-state index < -0.39 is 0 Å². The van der Waals surface area contributed by atoms with Gasteiger partial charge >= 0.3 is 0 Å². The average molecular weight is 423 g/mol. The first kappa shape index (κ1) is 22.0. The van der Waals surface area contributed by atoms with Gasteiger partial charge in [0.15, 0.2) is 0 Å². The van der Waals surface area contributed by atoms with Crippen molar-refractivity contribution in [2.75, 3.05) is 0 Å². The third-order valence-corrected chi connectivity index (χ3v) is 7.54. The Bertz CT molecular complexity index is 988. The molecule has 0 aromatic heterocycles. The van der Waals surface area contributed by atoms with Gasteiger partial charge in [-0.05, 0) is 128 Å². The first-order chi connectivity index (χ1) is 14.3. The lowest BCUT2D eigenvalue weighted by molar-refractivity contribution is 0.0831. The fraction of sp³-hybridized carbons (Fsp3) is 0.571. The first-order valence-electron chi connectivity index (χ1n) is 11.6. The normalized spacial score (nSPS) is 18.5. The molecular formula is C28H38O3. The number of fused-ring (bicyclic) bond motifs is 2. The van der Waals surface area contributed by atoms with Crippen LogP contribution in [-0.2, 0) is 12.8 Å². The van der Waals surface area contributed by atoms with Crippen molar-refractivity contribution in [3.8, 4) is 23.0 Å². The van der Waals surface area contributed by atoms with Crippen molar-refractivity contribution >= 4 is 0 Å². The minimum atomic E-state index is -0.116. The summed E-state index contributed by atoms with van der Waals surface area (Å²) in [6.45, 7) is 21.7. The molecule has 0 fully saturated rings. The van der Waals surface area contributed by atoms with E-state index in [1.165, 1.54) is 44.5 Å². The van der Waals surface area contributed by atoms with Gasteiger partial charge in [0, 0.05) is 11.1 Å². The Balaban J connectivity index is 1.83. The van der Waals surface area contributed by atoms with E-state index in [1.807, 2.05) is 0 Å². The van der Waals surface area contributed by atoms with E-state index in [-0.39, 0.29) is 11.2 Å². The highest BCUT2D eigenvalue weighted by atomic mass is 16.5. The second-order valence-electron chi connectivity index (χ2n) is 10.8. The summed E-state index contributed by atoms with van der Waals surface area (Å²) in [6, 6.07) is 0. The van der Waals surface area contributed by atoms with Crippen LogP contribution in [0.2, 0.25) is 0 Å². The van der Waals surface area contributed by atoms with Gasteiger partial charge in [-0.25, -0.2) is 0 Å². The molecule has 31 heavy (non-hydrogen) atoms. The summed E-state index contributed by atoms with van der Waals surface area (Å²) in [5, 5.41) is 0. The Kier molecular flexibility index (Phi) is 5.11. The molecule has 0 bridgehead atoms. The fourth-order valence-corrected chi connectivity index (χ4v) is 5.10. The molecule has 2 aliphatic heterocycles. The Morgan fingerprint density at radius 3 is 1.26 bits per heavy atom. The zero-order valence-corrected chi connectivity index (χ0v) is 21.1. The van der Waals surface area contributed by atoms with Crippen LogP contribution in [0.4, 0.5) is 0 Å². The highest BCUT2D eigenvalue weighted by molar-refractivity contribution is 5.63. The lowest BCUT2D eigenvalue weighted by atomic mass is 9.87. The van der Waals surface area contributed by atoms with Crippen LogP contribution in [0.25, 0.3) is 0 Å². The van der Waals surface area contributed by atoms with Crippen LogP contribution < -0.4 is 14.2 Å². The zero-order chi connectivity index (χ0) is 22.9. The Morgan fingerprint density at radius 2 is 0.903 bits per heavy atom. The van der Waals surface area contributed by atoms with Crippen molar-refractivity contribution in [1.82, 2.24) is 0 Å². The molecule has 0 saturated carbocycles. The minimum Gasteiger partial charge on any atom is -0.487 e. The molecule has 168 valence electrons. The molecule has 0 aliphatic carbocycles. The molecule has 0 spiro atoms. The predicted molar refractivity (Wildman–Crippen MR) is 127 cm³/mol. The summed E-state index contributed by atoms with van der Waals surface area (Å²) >= 11 is 0. The van der Waals surface area contributed by atoms with Crippen molar-refractivity contribution in [2.45, 2.75) is 106 Å². The highest BCUT2D eigenvalue weighted by Gasteiger charge is 2.33. The molecule has 3 nitrogen and oxygen atoms in total. The predicted octanol–water partition coefficient (Wildman–Crippen LogP) is 7.54. The number of ether oxygens (including phenoxy) is 3. The topological polar surface area (TPSA) is 27.7 Å². The van der Waals surface area contributed by atoms with E-state index in [4.69, 9.17) is 14.2 Å². The van der Waals surface area contributed by atoms with Gasteiger partial charge in [-0.15, -0.1) is 0 Å². The standard InChI is InChI=1S/C28H38O3/c1-15-17(3)25-21(11-13-27(7,8)30-25)19(5)23(15)29-24-16(2)18(4)26-22(20(24)6)12-14-28(9,10)31-26/h11-14H2,1-10H3. The Hall–Kier alpha value is -2.16. The van der Waals surface area contributed by atoms with Crippen LogP contribution >= 0.6 is 0 Å². The molecule has 3 heteroatoms. The van der Waals surface area contributed by atoms with Crippen LogP contribution in [0.1, 0.15) is 85.0 Å². The van der Waals surface area contributed by atoms with Crippen LogP contribution in [0.3, 0.4) is 0 Å². The van der Waals surface area contributed by atoms with Crippen molar-refractivity contribution < 1.29 is 14.2 Å². The van der Waals surface area contributed by atoms with Crippen LogP contribution in [-0.4, -0.2) is 11.2 Å². The summed E-state index contributed by atoms with van der Waals surface area (Å²) in [4.78, 5) is 0. The van der Waals surface area contributed by atoms with Crippen LogP contribution in [0, 0.1) is 41.5 Å². The smallest absolute Gasteiger partial charge is 0.134 e. The van der Waals surface area contributed by atoms with E-state index in [0.717, 1.165) is 48.7 Å². The molecule has 2 aromatic carbocycles. The van der Waals surface area contributed by atoms with E-state index in [9.17, 15) is 0 Å². The van der Waals surface area contributed by atoms with Gasteiger partial charge < -0.3 is 14.2 Å². The van der Waals surface area contributed by atoms with E-state index in [1.54, 1.807) is 0 Å². The number of benzene rings is 2. The van der Waals surface area contributed by atoms with Gasteiger partial charge in [-0.1, -0.05) is 0 Å². The lowest BCUT2D eigenvalue weighted by Gasteiger charge is -2.36. The largest absolute Gasteiger partial charge is 0.487 e. The Labute approximate surface area is 188 Å². The van der Waals surface area contributed by atoms with Gasteiger partial charge in [-0.2, -0.15) is 0 Å². The highest BCUT2D eigenvalue weighted by Crippen LogP contribution is 2.48. The third kappa shape index (κ3) is 3.60. The maximum Gasteiger partial charge on any atom is 0.134 e. The monoisotopic (exact) mass is 422 g/mol. The van der Waals surface area contributed by atoms with Gasteiger partial charge in [0.05, 0.1) is 0 Å². The molecule has 0 unspecified atom stereocenters. The van der Waals surface area contributed by atoms with Crippen molar-refractivity contribution in [2.24, 2.45) is 0 Å². The molecule has 0 radical (unpaired) electrons. The van der Waals surface area contributed by atoms with E-state index >= 15 is 0 Å². The lowest BCUT2D eigenvalue weighted by Crippen LogP contribution is -2.33. The number of hydrogen-bond acceptors (Lipinski definition) is 3. The maximum absolute atomic E-state index is 6.79. The average Bonchev–Trinajstić information content (AvgIpc) is 2.68. The second kappa shape index (κ2) is 7.18. The second-order valence-corrected chi connectivity index (χ2v) is 10.8. The molecule has 0 atom stereocenters. The molecule has 4 rings (SSSR count). The van der Waals surface area contributed by atoms with Gasteiger partial charge in [-0.3, -0.25) is 0 Å². The Morgan fingerprint density at radius 1 is 0.548 bits per heavy atom. The molecule has 2 heterocycles. The molecule has 0 amide bonds. The van der Waals surface area contributed by atoms with Crippen LogP contribution in [0.15, 0.2) is 0 Å². The summed E-state index contributed by atoms with van der Waals surface area (Å²) < 4.78 is 19.6. The number of rotatable bonds is 2.